The number of quaternary nitrogens is 2. The lowest BCUT2D eigenvalue weighted by molar-refractivity contribution is -0.962. The zero-order chi connectivity index (χ0) is 37.0. The Bertz CT molecular complexity index is 598. The van der Waals surface area contributed by atoms with Gasteiger partial charge in [0.25, 0.3) is 0 Å². The first-order chi connectivity index (χ1) is 23.0. The molecule has 0 aliphatic carbocycles. The molecule has 0 N–H and O–H groups in total. The van der Waals surface area contributed by atoms with E-state index in [1.807, 2.05) is 0 Å². The molecule has 0 aliphatic heterocycles. The maximum atomic E-state index is 2.58. The summed E-state index contributed by atoms with van der Waals surface area (Å²) in [6.45, 7) is 33.9. The van der Waals surface area contributed by atoms with Gasteiger partial charge in [-0.05, 0) is 79.1 Å². The van der Waals surface area contributed by atoms with E-state index in [0.717, 1.165) is 11.8 Å². The molecular formula is C46H100F2N2. The molecule has 0 spiro atoms. The first-order valence-electron chi connectivity index (χ1n) is 22.7. The van der Waals surface area contributed by atoms with Crippen molar-refractivity contribution in [2.24, 2.45) is 11.8 Å². The van der Waals surface area contributed by atoms with Crippen LogP contribution in [0.1, 0.15) is 237 Å². The molecule has 0 bridgehead atoms. The van der Waals surface area contributed by atoms with Crippen LogP contribution in [0.4, 0.5) is 0 Å². The lowest BCUT2D eigenvalue weighted by atomic mass is 9.69. The van der Waals surface area contributed by atoms with Gasteiger partial charge in [-0.15, -0.1) is 0 Å². The molecular weight excluding hydrogens is 619 g/mol. The highest BCUT2D eigenvalue weighted by Gasteiger charge is 2.51. The maximum Gasteiger partial charge on any atom is 0.102 e. The van der Waals surface area contributed by atoms with Gasteiger partial charge in [0.1, 0.15) is 11.1 Å². The number of halogens is 2. The summed E-state index contributed by atoms with van der Waals surface area (Å²) in [5.74, 6) is 1.83. The SMILES string of the molecule is CCCCC(CCCC)C(CCCC)(CCCC)[N+](C)(CC)CC.CCCCC(CCCC)C(CCCC)(CCCC)[N+](C)(CC)CC.[F-].[F-]. The summed E-state index contributed by atoms with van der Waals surface area (Å²) in [7, 11) is 5.16. The largest absolute Gasteiger partial charge is 1.00 e. The van der Waals surface area contributed by atoms with Gasteiger partial charge in [0.2, 0.25) is 0 Å². The molecule has 0 unspecified atom stereocenters. The van der Waals surface area contributed by atoms with Crippen molar-refractivity contribution in [1.82, 2.24) is 0 Å². The van der Waals surface area contributed by atoms with E-state index in [1.165, 1.54) is 189 Å². The third-order valence-electron chi connectivity index (χ3n) is 13.9. The average Bonchev–Trinajstić information content (AvgIpc) is 3.12. The number of hydrogen-bond acceptors (Lipinski definition) is 0. The smallest absolute Gasteiger partial charge is 0.102 e. The second kappa shape index (κ2) is 33.4. The van der Waals surface area contributed by atoms with Gasteiger partial charge in [0, 0.05) is 37.5 Å². The van der Waals surface area contributed by atoms with E-state index in [-0.39, 0.29) is 9.41 Å². The molecule has 0 aromatic rings. The van der Waals surface area contributed by atoms with Crippen LogP contribution in [0.15, 0.2) is 0 Å². The first kappa shape index (κ1) is 56.5. The number of hydrogen-bond donors (Lipinski definition) is 0. The fourth-order valence-corrected chi connectivity index (χ4v) is 9.83. The summed E-state index contributed by atoms with van der Waals surface area (Å²) in [6, 6.07) is 0. The maximum absolute atomic E-state index is 2.58. The van der Waals surface area contributed by atoms with Gasteiger partial charge in [0.15, 0.2) is 0 Å². The Kier molecular flexibility index (Phi) is 37.7. The van der Waals surface area contributed by atoms with Crippen molar-refractivity contribution in [3.63, 3.8) is 0 Å². The Morgan fingerprint density at radius 2 is 0.500 bits per heavy atom. The summed E-state index contributed by atoms with van der Waals surface area (Å²) in [6.07, 6.45) is 33.7. The van der Waals surface area contributed by atoms with Crippen LogP contribution in [0.25, 0.3) is 0 Å². The summed E-state index contributed by atoms with van der Waals surface area (Å²) < 4.78 is 2.59. The van der Waals surface area contributed by atoms with Gasteiger partial charge in [-0.2, -0.15) is 0 Å². The Morgan fingerprint density at radius 1 is 0.320 bits per heavy atom. The normalized spacial score (nSPS) is 12.5. The van der Waals surface area contributed by atoms with Crippen LogP contribution in [-0.2, 0) is 0 Å². The highest BCUT2D eigenvalue weighted by Crippen LogP contribution is 2.46. The zero-order valence-corrected chi connectivity index (χ0v) is 37.6. The Morgan fingerprint density at radius 3 is 0.640 bits per heavy atom. The molecule has 0 saturated carbocycles. The quantitative estimate of drug-likeness (QED) is 0.0609. The topological polar surface area (TPSA) is 0 Å². The molecule has 308 valence electrons. The molecule has 2 nitrogen and oxygen atoms in total. The second-order valence-corrected chi connectivity index (χ2v) is 16.6. The van der Waals surface area contributed by atoms with E-state index in [0.29, 0.717) is 11.1 Å². The third kappa shape index (κ3) is 17.3. The van der Waals surface area contributed by atoms with E-state index in [9.17, 15) is 0 Å². The standard InChI is InChI=1S/2C23H50N.2FH/c2*1-8-14-18-22(19-15-9-2)23(20-16-10-3,21-17-11-4)24(7,12-5)13-6;;/h2*22H,8-21H2,1-7H3;2*1H/q2*+1;;/p-2. The molecule has 4 heteroatoms. The van der Waals surface area contributed by atoms with Gasteiger partial charge < -0.3 is 18.4 Å². The fraction of sp³-hybridized carbons (Fsp3) is 1.00. The van der Waals surface area contributed by atoms with Crippen molar-refractivity contribution in [3.8, 4) is 0 Å². The molecule has 0 radical (unpaired) electrons. The van der Waals surface area contributed by atoms with Gasteiger partial charge in [-0.3, -0.25) is 0 Å². The summed E-state index contributed by atoms with van der Waals surface area (Å²) in [5, 5.41) is 0. The van der Waals surface area contributed by atoms with Gasteiger partial charge in [-0.25, -0.2) is 0 Å². The molecule has 50 heavy (non-hydrogen) atoms. The fourth-order valence-electron chi connectivity index (χ4n) is 9.83. The van der Waals surface area contributed by atoms with Crippen LogP contribution in [0.2, 0.25) is 0 Å². The van der Waals surface area contributed by atoms with E-state index < -0.39 is 0 Å². The minimum absolute atomic E-state index is 0. The van der Waals surface area contributed by atoms with Crippen LogP contribution in [-0.4, -0.2) is 60.3 Å². The monoisotopic (exact) mass is 719 g/mol. The van der Waals surface area contributed by atoms with E-state index in [1.54, 1.807) is 0 Å². The number of unbranched alkanes of at least 4 members (excludes halogenated alkanes) is 8. The highest BCUT2D eigenvalue weighted by molar-refractivity contribution is 4.91. The van der Waals surface area contributed by atoms with Gasteiger partial charge in [0.05, 0.1) is 40.3 Å². The molecule has 0 atom stereocenters. The minimum Gasteiger partial charge on any atom is -1.00 e. The van der Waals surface area contributed by atoms with E-state index >= 15 is 0 Å². The van der Waals surface area contributed by atoms with Crippen LogP contribution in [0.3, 0.4) is 0 Å². The Hall–Kier alpha value is -0.220. The molecule has 0 heterocycles. The lowest BCUT2D eigenvalue weighted by Gasteiger charge is -2.55. The Balaban J connectivity index is -0.000000407. The molecule has 0 saturated heterocycles. The summed E-state index contributed by atoms with van der Waals surface area (Å²) in [4.78, 5) is 0. The van der Waals surface area contributed by atoms with E-state index in [4.69, 9.17) is 0 Å². The second-order valence-electron chi connectivity index (χ2n) is 16.6. The molecule has 0 rings (SSSR count). The highest BCUT2D eigenvalue weighted by atomic mass is 19.0. The zero-order valence-electron chi connectivity index (χ0n) is 37.6. The predicted octanol–water partition coefficient (Wildman–Crippen LogP) is 9.19. The molecule has 0 fully saturated rings. The van der Waals surface area contributed by atoms with Crippen molar-refractivity contribution >= 4 is 0 Å². The van der Waals surface area contributed by atoms with Crippen molar-refractivity contribution in [2.75, 3.05) is 40.3 Å². The summed E-state index contributed by atoms with van der Waals surface area (Å²) >= 11 is 0. The summed E-state index contributed by atoms with van der Waals surface area (Å²) in [5.41, 5.74) is 1.03. The van der Waals surface area contributed by atoms with Crippen LogP contribution < -0.4 is 9.41 Å². The first-order valence-corrected chi connectivity index (χ1v) is 22.7. The van der Waals surface area contributed by atoms with Gasteiger partial charge >= 0.3 is 0 Å². The average molecular weight is 719 g/mol. The van der Waals surface area contributed by atoms with Crippen LogP contribution in [0.5, 0.6) is 0 Å². The number of nitrogens with zero attached hydrogens (tertiary/aromatic N) is 2. The molecule has 0 aromatic heterocycles. The van der Waals surface area contributed by atoms with Crippen LogP contribution >= 0.6 is 0 Å². The molecule has 0 amide bonds. The lowest BCUT2D eigenvalue weighted by Crippen LogP contribution is -3.00. The van der Waals surface area contributed by atoms with Crippen molar-refractivity contribution in [2.45, 2.75) is 248 Å². The van der Waals surface area contributed by atoms with E-state index in [2.05, 4.69) is 97.2 Å². The van der Waals surface area contributed by atoms with Crippen molar-refractivity contribution < 1.29 is 18.4 Å². The van der Waals surface area contributed by atoms with Crippen LogP contribution in [0, 0.1) is 11.8 Å². The Labute approximate surface area is 318 Å². The van der Waals surface area contributed by atoms with Gasteiger partial charge in [-0.1, -0.05) is 132 Å². The number of rotatable bonds is 32. The van der Waals surface area contributed by atoms with Crippen molar-refractivity contribution in [3.05, 3.63) is 0 Å². The van der Waals surface area contributed by atoms with Crippen molar-refractivity contribution in [1.29, 1.82) is 0 Å². The molecule has 0 aliphatic rings. The third-order valence-corrected chi connectivity index (χ3v) is 13.9. The predicted molar refractivity (Wildman–Crippen MR) is 223 cm³/mol. The molecule has 0 aromatic carbocycles. The minimum atomic E-state index is 0.